The van der Waals surface area contributed by atoms with E-state index in [9.17, 15) is 0 Å². The van der Waals surface area contributed by atoms with Crippen molar-refractivity contribution >= 4 is 45.7 Å². The standard InChI is InChI=1S/C15H10Cl3N/c16-11-4-5-15-10(8-11)6-7-19(15)9-12-13(17)2-1-3-14(12)18/h1-8H,9H2. The molecule has 0 saturated carbocycles. The minimum atomic E-state index is 0.642. The van der Waals surface area contributed by atoms with Crippen LogP contribution >= 0.6 is 34.8 Å². The van der Waals surface area contributed by atoms with Crippen molar-refractivity contribution in [2.24, 2.45) is 0 Å². The maximum Gasteiger partial charge on any atom is 0.0505 e. The molecule has 0 aliphatic rings. The predicted molar refractivity (Wildman–Crippen MR) is 82.5 cm³/mol. The summed E-state index contributed by atoms with van der Waals surface area (Å²) in [5.74, 6) is 0. The van der Waals surface area contributed by atoms with Crippen molar-refractivity contribution < 1.29 is 0 Å². The van der Waals surface area contributed by atoms with Crippen LogP contribution in [0.5, 0.6) is 0 Å². The molecule has 0 amide bonds. The van der Waals surface area contributed by atoms with E-state index in [0.29, 0.717) is 16.6 Å². The Kier molecular flexibility index (Phi) is 3.44. The van der Waals surface area contributed by atoms with Crippen molar-refractivity contribution in [1.82, 2.24) is 4.57 Å². The van der Waals surface area contributed by atoms with Gasteiger partial charge in [-0.15, -0.1) is 0 Å². The van der Waals surface area contributed by atoms with Gasteiger partial charge in [-0.2, -0.15) is 0 Å². The van der Waals surface area contributed by atoms with Gasteiger partial charge in [-0.1, -0.05) is 40.9 Å². The fourth-order valence-corrected chi connectivity index (χ4v) is 2.86. The van der Waals surface area contributed by atoms with Gasteiger partial charge in [0.2, 0.25) is 0 Å². The molecule has 96 valence electrons. The Morgan fingerprint density at radius 1 is 0.895 bits per heavy atom. The summed E-state index contributed by atoms with van der Waals surface area (Å²) in [6.07, 6.45) is 2.01. The van der Waals surface area contributed by atoms with Crippen LogP contribution in [0.4, 0.5) is 0 Å². The van der Waals surface area contributed by atoms with Gasteiger partial charge in [-0.3, -0.25) is 0 Å². The van der Waals surface area contributed by atoms with Gasteiger partial charge in [0, 0.05) is 37.7 Å². The third kappa shape index (κ3) is 2.46. The maximum atomic E-state index is 6.20. The van der Waals surface area contributed by atoms with Crippen LogP contribution in [0.2, 0.25) is 15.1 Å². The summed E-state index contributed by atoms with van der Waals surface area (Å²) >= 11 is 18.4. The highest BCUT2D eigenvalue weighted by molar-refractivity contribution is 6.36. The van der Waals surface area contributed by atoms with Crippen LogP contribution in [0, 0.1) is 0 Å². The molecular formula is C15H10Cl3N. The van der Waals surface area contributed by atoms with Gasteiger partial charge in [-0.05, 0) is 36.4 Å². The van der Waals surface area contributed by atoms with Gasteiger partial charge in [-0.25, -0.2) is 0 Å². The van der Waals surface area contributed by atoms with E-state index in [1.165, 1.54) is 0 Å². The first-order chi connectivity index (χ1) is 9.15. The van der Waals surface area contributed by atoms with Crippen LogP contribution < -0.4 is 0 Å². The number of fused-ring (bicyclic) bond motifs is 1. The second kappa shape index (κ2) is 5.09. The summed E-state index contributed by atoms with van der Waals surface area (Å²) in [7, 11) is 0. The summed E-state index contributed by atoms with van der Waals surface area (Å²) in [5, 5.41) is 3.21. The van der Waals surface area contributed by atoms with E-state index < -0.39 is 0 Å². The first-order valence-corrected chi connectivity index (χ1v) is 6.96. The quantitative estimate of drug-likeness (QED) is 0.576. The molecule has 0 N–H and O–H groups in total. The molecule has 19 heavy (non-hydrogen) atoms. The maximum absolute atomic E-state index is 6.20. The molecule has 1 aromatic heterocycles. The highest BCUT2D eigenvalue weighted by Gasteiger charge is 2.08. The Morgan fingerprint density at radius 2 is 1.63 bits per heavy atom. The molecule has 0 fully saturated rings. The fraction of sp³-hybridized carbons (Fsp3) is 0.0667. The molecule has 0 saturated heterocycles. The second-order valence-corrected chi connectivity index (χ2v) is 5.60. The van der Waals surface area contributed by atoms with E-state index in [1.807, 2.05) is 48.7 Å². The first-order valence-electron chi connectivity index (χ1n) is 5.82. The SMILES string of the molecule is Clc1ccc2c(ccn2Cc2c(Cl)cccc2Cl)c1. The third-order valence-corrected chi connectivity index (χ3v) is 4.07. The van der Waals surface area contributed by atoms with Crippen molar-refractivity contribution in [3.63, 3.8) is 0 Å². The number of aromatic nitrogens is 1. The molecule has 0 aliphatic heterocycles. The average molecular weight is 311 g/mol. The van der Waals surface area contributed by atoms with Crippen molar-refractivity contribution in [3.8, 4) is 0 Å². The lowest BCUT2D eigenvalue weighted by molar-refractivity contribution is 0.837. The van der Waals surface area contributed by atoms with Crippen molar-refractivity contribution in [1.29, 1.82) is 0 Å². The van der Waals surface area contributed by atoms with E-state index in [2.05, 4.69) is 4.57 Å². The largest absolute Gasteiger partial charge is 0.343 e. The van der Waals surface area contributed by atoms with Gasteiger partial charge >= 0.3 is 0 Å². The van der Waals surface area contributed by atoms with Crippen molar-refractivity contribution in [2.45, 2.75) is 6.54 Å². The van der Waals surface area contributed by atoms with E-state index >= 15 is 0 Å². The molecule has 0 aliphatic carbocycles. The number of hydrogen-bond donors (Lipinski definition) is 0. The first kappa shape index (κ1) is 12.9. The minimum Gasteiger partial charge on any atom is -0.343 e. The summed E-state index contributed by atoms with van der Waals surface area (Å²) in [5.41, 5.74) is 2.04. The minimum absolute atomic E-state index is 0.642. The van der Waals surface area contributed by atoms with Gasteiger partial charge < -0.3 is 4.57 Å². The highest BCUT2D eigenvalue weighted by atomic mass is 35.5. The number of halogens is 3. The van der Waals surface area contributed by atoms with Crippen LogP contribution in [0.1, 0.15) is 5.56 Å². The molecule has 0 unspecified atom stereocenters. The third-order valence-electron chi connectivity index (χ3n) is 3.12. The highest BCUT2D eigenvalue weighted by Crippen LogP contribution is 2.27. The Balaban J connectivity index is 2.06. The lowest BCUT2D eigenvalue weighted by Gasteiger charge is -2.09. The van der Waals surface area contributed by atoms with E-state index in [-0.39, 0.29) is 0 Å². The number of benzene rings is 2. The summed E-state index contributed by atoms with van der Waals surface area (Å²) < 4.78 is 2.11. The van der Waals surface area contributed by atoms with Gasteiger partial charge in [0.1, 0.15) is 0 Å². The zero-order valence-corrected chi connectivity index (χ0v) is 12.2. The van der Waals surface area contributed by atoms with Crippen LogP contribution in [0.25, 0.3) is 10.9 Å². The normalized spacial score (nSPS) is 11.1. The predicted octanol–water partition coefficient (Wildman–Crippen LogP) is 5.65. The molecule has 3 aromatic rings. The molecule has 3 rings (SSSR count). The molecule has 0 radical (unpaired) electrons. The Morgan fingerprint density at radius 3 is 2.37 bits per heavy atom. The van der Waals surface area contributed by atoms with E-state index in [0.717, 1.165) is 21.5 Å². The van der Waals surface area contributed by atoms with E-state index in [1.54, 1.807) is 0 Å². The summed E-state index contributed by atoms with van der Waals surface area (Å²) in [6.45, 7) is 0.642. The Bertz CT molecular complexity index is 726. The zero-order chi connectivity index (χ0) is 13.4. The molecule has 0 atom stereocenters. The summed E-state index contributed by atoms with van der Waals surface area (Å²) in [6, 6.07) is 13.4. The molecule has 4 heteroatoms. The lowest BCUT2D eigenvalue weighted by atomic mass is 10.2. The van der Waals surface area contributed by atoms with Crippen molar-refractivity contribution in [2.75, 3.05) is 0 Å². The van der Waals surface area contributed by atoms with Crippen LogP contribution in [0.15, 0.2) is 48.7 Å². The smallest absolute Gasteiger partial charge is 0.0505 e. The second-order valence-electron chi connectivity index (χ2n) is 4.35. The number of nitrogens with zero attached hydrogens (tertiary/aromatic N) is 1. The molecule has 1 heterocycles. The molecular weight excluding hydrogens is 301 g/mol. The van der Waals surface area contributed by atoms with E-state index in [4.69, 9.17) is 34.8 Å². The fourth-order valence-electron chi connectivity index (χ4n) is 2.16. The monoisotopic (exact) mass is 309 g/mol. The van der Waals surface area contributed by atoms with Gasteiger partial charge in [0.25, 0.3) is 0 Å². The van der Waals surface area contributed by atoms with Crippen LogP contribution in [-0.4, -0.2) is 4.57 Å². The lowest BCUT2D eigenvalue weighted by Crippen LogP contribution is -1.99. The number of rotatable bonds is 2. The molecule has 0 spiro atoms. The summed E-state index contributed by atoms with van der Waals surface area (Å²) in [4.78, 5) is 0. The topological polar surface area (TPSA) is 4.93 Å². The molecule has 0 bridgehead atoms. The van der Waals surface area contributed by atoms with Crippen molar-refractivity contribution in [3.05, 3.63) is 69.3 Å². The zero-order valence-electron chi connectivity index (χ0n) is 9.91. The van der Waals surface area contributed by atoms with Crippen LogP contribution in [0.3, 0.4) is 0 Å². The molecule has 1 nitrogen and oxygen atoms in total. The molecule has 2 aromatic carbocycles. The van der Waals surface area contributed by atoms with Crippen LogP contribution in [-0.2, 0) is 6.54 Å². The van der Waals surface area contributed by atoms with Gasteiger partial charge in [0.05, 0.1) is 6.54 Å². The number of hydrogen-bond acceptors (Lipinski definition) is 0. The van der Waals surface area contributed by atoms with Gasteiger partial charge in [0.15, 0.2) is 0 Å². The Labute approximate surface area is 126 Å². The average Bonchev–Trinajstić information content (AvgIpc) is 2.76. The Hall–Kier alpha value is -1.15.